The SMILES string of the molecule is CCNC(Cc1ccc(CC)cn1)c1ccccn1. The fraction of sp³-hybridized carbons (Fsp3) is 0.375. The maximum absolute atomic E-state index is 4.53. The van der Waals surface area contributed by atoms with Gasteiger partial charge in [0.15, 0.2) is 0 Å². The van der Waals surface area contributed by atoms with Crippen LogP contribution >= 0.6 is 0 Å². The predicted octanol–water partition coefficient (Wildman–Crippen LogP) is 2.93. The van der Waals surface area contributed by atoms with E-state index < -0.39 is 0 Å². The van der Waals surface area contributed by atoms with Crippen molar-refractivity contribution in [1.29, 1.82) is 0 Å². The Labute approximate surface area is 115 Å². The third kappa shape index (κ3) is 3.86. The first-order valence-corrected chi connectivity index (χ1v) is 6.91. The Bertz CT molecular complexity index is 479. The van der Waals surface area contributed by atoms with Gasteiger partial charge in [-0.25, -0.2) is 0 Å². The predicted molar refractivity (Wildman–Crippen MR) is 78.0 cm³/mol. The molecular weight excluding hydrogens is 234 g/mol. The van der Waals surface area contributed by atoms with Crippen LogP contribution in [0.3, 0.4) is 0 Å². The minimum absolute atomic E-state index is 0.228. The molecule has 0 bridgehead atoms. The lowest BCUT2D eigenvalue weighted by atomic mass is 10.1. The van der Waals surface area contributed by atoms with Gasteiger partial charge in [-0.05, 0) is 36.7 Å². The second-order valence-electron chi connectivity index (χ2n) is 4.58. The first-order chi connectivity index (χ1) is 9.33. The molecule has 1 N–H and O–H groups in total. The van der Waals surface area contributed by atoms with Gasteiger partial charge in [0.05, 0.1) is 11.7 Å². The molecule has 0 aromatic carbocycles. The molecule has 0 fully saturated rings. The second-order valence-corrected chi connectivity index (χ2v) is 4.58. The minimum atomic E-state index is 0.228. The van der Waals surface area contributed by atoms with Crippen LogP contribution in [0.4, 0.5) is 0 Å². The van der Waals surface area contributed by atoms with Crippen molar-refractivity contribution in [3.8, 4) is 0 Å². The summed E-state index contributed by atoms with van der Waals surface area (Å²) >= 11 is 0. The van der Waals surface area contributed by atoms with Crippen molar-refractivity contribution in [3.05, 3.63) is 59.7 Å². The second kappa shape index (κ2) is 7.00. The Morgan fingerprint density at radius 1 is 1.11 bits per heavy atom. The number of aromatic nitrogens is 2. The molecule has 1 unspecified atom stereocenters. The Morgan fingerprint density at radius 2 is 2.00 bits per heavy atom. The number of nitrogens with zero attached hydrogens (tertiary/aromatic N) is 2. The fourth-order valence-corrected chi connectivity index (χ4v) is 2.10. The van der Waals surface area contributed by atoms with Crippen LogP contribution in [-0.2, 0) is 12.8 Å². The van der Waals surface area contributed by atoms with Crippen LogP contribution in [0.25, 0.3) is 0 Å². The number of hydrogen-bond donors (Lipinski definition) is 1. The summed E-state index contributed by atoms with van der Waals surface area (Å²) in [6.07, 6.45) is 5.71. The van der Waals surface area contributed by atoms with E-state index in [1.165, 1.54) is 5.56 Å². The summed E-state index contributed by atoms with van der Waals surface area (Å²) < 4.78 is 0. The molecule has 0 aliphatic rings. The zero-order chi connectivity index (χ0) is 13.5. The normalized spacial score (nSPS) is 12.3. The lowest BCUT2D eigenvalue weighted by molar-refractivity contribution is 0.531. The van der Waals surface area contributed by atoms with E-state index in [9.17, 15) is 0 Å². The van der Waals surface area contributed by atoms with Crippen molar-refractivity contribution in [3.63, 3.8) is 0 Å². The molecule has 2 aromatic rings. The molecule has 0 saturated heterocycles. The molecule has 0 saturated carbocycles. The van der Waals surface area contributed by atoms with Gasteiger partial charge < -0.3 is 5.32 Å². The third-order valence-corrected chi connectivity index (χ3v) is 3.20. The number of nitrogens with one attached hydrogen (secondary N) is 1. The highest BCUT2D eigenvalue weighted by atomic mass is 14.9. The highest BCUT2D eigenvalue weighted by molar-refractivity contribution is 5.17. The minimum Gasteiger partial charge on any atom is -0.309 e. The number of rotatable bonds is 6. The molecular formula is C16H21N3. The summed E-state index contributed by atoms with van der Waals surface area (Å²) in [7, 11) is 0. The molecule has 0 amide bonds. The van der Waals surface area contributed by atoms with Gasteiger partial charge in [0.25, 0.3) is 0 Å². The molecule has 3 heteroatoms. The molecule has 3 nitrogen and oxygen atoms in total. The summed E-state index contributed by atoms with van der Waals surface area (Å²) in [4.78, 5) is 8.97. The molecule has 0 radical (unpaired) electrons. The third-order valence-electron chi connectivity index (χ3n) is 3.20. The van der Waals surface area contributed by atoms with Crippen molar-refractivity contribution >= 4 is 0 Å². The summed E-state index contributed by atoms with van der Waals surface area (Å²) in [5, 5.41) is 3.47. The highest BCUT2D eigenvalue weighted by Gasteiger charge is 2.12. The van der Waals surface area contributed by atoms with Crippen LogP contribution in [-0.4, -0.2) is 16.5 Å². The zero-order valence-corrected chi connectivity index (χ0v) is 11.6. The van der Waals surface area contributed by atoms with Crippen molar-refractivity contribution in [2.45, 2.75) is 32.7 Å². The van der Waals surface area contributed by atoms with E-state index in [0.717, 1.165) is 30.8 Å². The highest BCUT2D eigenvalue weighted by Crippen LogP contribution is 2.15. The molecule has 100 valence electrons. The largest absolute Gasteiger partial charge is 0.309 e. The molecule has 0 aliphatic heterocycles. The summed E-state index contributed by atoms with van der Waals surface area (Å²) in [6, 6.07) is 10.5. The van der Waals surface area contributed by atoms with Gasteiger partial charge >= 0.3 is 0 Å². The topological polar surface area (TPSA) is 37.8 Å². The van der Waals surface area contributed by atoms with E-state index in [-0.39, 0.29) is 6.04 Å². The summed E-state index contributed by atoms with van der Waals surface area (Å²) in [5.41, 5.74) is 3.46. The van der Waals surface area contributed by atoms with E-state index in [2.05, 4.69) is 47.3 Å². The Kier molecular flexibility index (Phi) is 5.04. The molecule has 0 aliphatic carbocycles. The maximum Gasteiger partial charge on any atom is 0.0577 e. The van der Waals surface area contributed by atoms with Crippen molar-refractivity contribution < 1.29 is 0 Å². The van der Waals surface area contributed by atoms with Gasteiger partial charge in [0, 0.05) is 24.5 Å². The van der Waals surface area contributed by atoms with Crippen LogP contribution in [0.5, 0.6) is 0 Å². The Balaban J connectivity index is 2.11. The van der Waals surface area contributed by atoms with E-state index in [0.29, 0.717) is 0 Å². The molecule has 1 atom stereocenters. The van der Waals surface area contributed by atoms with Gasteiger partial charge in [-0.2, -0.15) is 0 Å². The first-order valence-electron chi connectivity index (χ1n) is 6.91. The van der Waals surface area contributed by atoms with Crippen molar-refractivity contribution in [2.75, 3.05) is 6.54 Å². The quantitative estimate of drug-likeness (QED) is 0.862. The fourth-order valence-electron chi connectivity index (χ4n) is 2.10. The van der Waals surface area contributed by atoms with Crippen molar-refractivity contribution in [2.24, 2.45) is 0 Å². The number of likely N-dealkylation sites (N-methyl/N-ethyl adjacent to an activating group) is 1. The van der Waals surface area contributed by atoms with Crippen LogP contribution in [0, 0.1) is 0 Å². The van der Waals surface area contributed by atoms with E-state index >= 15 is 0 Å². The van der Waals surface area contributed by atoms with Gasteiger partial charge in [0.2, 0.25) is 0 Å². The lowest BCUT2D eigenvalue weighted by Crippen LogP contribution is -2.24. The van der Waals surface area contributed by atoms with Crippen LogP contribution in [0.2, 0.25) is 0 Å². The van der Waals surface area contributed by atoms with Gasteiger partial charge in [-0.3, -0.25) is 9.97 Å². The zero-order valence-electron chi connectivity index (χ0n) is 11.6. The van der Waals surface area contributed by atoms with Crippen LogP contribution < -0.4 is 5.32 Å². The van der Waals surface area contributed by atoms with E-state index in [1.807, 2.05) is 24.5 Å². The van der Waals surface area contributed by atoms with Crippen LogP contribution in [0.15, 0.2) is 42.7 Å². The Morgan fingerprint density at radius 3 is 2.58 bits per heavy atom. The molecule has 2 aromatic heterocycles. The molecule has 0 spiro atoms. The molecule has 2 rings (SSSR count). The molecule has 19 heavy (non-hydrogen) atoms. The summed E-state index contributed by atoms with van der Waals surface area (Å²) in [6.45, 7) is 5.18. The summed E-state index contributed by atoms with van der Waals surface area (Å²) in [5.74, 6) is 0. The van der Waals surface area contributed by atoms with Gasteiger partial charge in [0.1, 0.15) is 0 Å². The monoisotopic (exact) mass is 255 g/mol. The first kappa shape index (κ1) is 13.7. The Hall–Kier alpha value is -1.74. The number of pyridine rings is 2. The van der Waals surface area contributed by atoms with Crippen molar-refractivity contribution in [1.82, 2.24) is 15.3 Å². The standard InChI is InChI=1S/C16H21N3/c1-3-13-8-9-14(19-12-13)11-16(17-4-2)15-7-5-6-10-18-15/h5-10,12,16-17H,3-4,11H2,1-2H3. The maximum atomic E-state index is 4.53. The van der Waals surface area contributed by atoms with E-state index in [1.54, 1.807) is 0 Å². The number of hydrogen-bond acceptors (Lipinski definition) is 3. The average molecular weight is 255 g/mol. The smallest absolute Gasteiger partial charge is 0.0577 e. The van der Waals surface area contributed by atoms with Crippen LogP contribution in [0.1, 0.15) is 36.8 Å². The van der Waals surface area contributed by atoms with Gasteiger partial charge in [-0.15, -0.1) is 0 Å². The number of aryl methyl sites for hydroxylation is 1. The van der Waals surface area contributed by atoms with E-state index in [4.69, 9.17) is 0 Å². The average Bonchev–Trinajstić information content (AvgIpc) is 2.48. The lowest BCUT2D eigenvalue weighted by Gasteiger charge is -2.17. The van der Waals surface area contributed by atoms with Gasteiger partial charge in [-0.1, -0.05) is 26.0 Å². The molecule has 2 heterocycles.